The van der Waals surface area contributed by atoms with Crippen molar-refractivity contribution in [1.29, 1.82) is 0 Å². The van der Waals surface area contributed by atoms with Crippen LogP contribution < -0.4 is 0 Å². The first-order valence-corrected chi connectivity index (χ1v) is 7.01. The van der Waals surface area contributed by atoms with Crippen molar-refractivity contribution in [3.05, 3.63) is 69.8 Å². The first kappa shape index (κ1) is 12.2. The molecule has 0 saturated heterocycles. The molecule has 0 bridgehead atoms. The lowest BCUT2D eigenvalue weighted by atomic mass is 9.83. The second-order valence-corrected chi connectivity index (χ2v) is 5.20. The van der Waals surface area contributed by atoms with E-state index in [0.717, 1.165) is 30.4 Å². The Hall–Kier alpha value is -1.89. The summed E-state index contributed by atoms with van der Waals surface area (Å²) in [6.07, 6.45) is 2.83. The lowest BCUT2D eigenvalue weighted by Crippen LogP contribution is -2.15. The number of rotatable bonds is 2. The molecular formula is C18H18O. The third kappa shape index (κ3) is 1.99. The van der Waals surface area contributed by atoms with Crippen molar-refractivity contribution < 1.29 is 4.79 Å². The van der Waals surface area contributed by atoms with Crippen molar-refractivity contribution in [1.82, 2.24) is 0 Å². The number of hydrogen-bond donors (Lipinski definition) is 0. The second kappa shape index (κ2) is 4.65. The summed E-state index contributed by atoms with van der Waals surface area (Å²) < 4.78 is 0. The van der Waals surface area contributed by atoms with Crippen LogP contribution in [0, 0.1) is 0 Å². The average molecular weight is 250 g/mol. The molecule has 0 aromatic heterocycles. The van der Waals surface area contributed by atoms with Crippen LogP contribution in [0.4, 0.5) is 0 Å². The highest BCUT2D eigenvalue weighted by Crippen LogP contribution is 2.28. The van der Waals surface area contributed by atoms with Crippen molar-refractivity contribution in [3.63, 3.8) is 0 Å². The molecule has 0 aliphatic heterocycles. The predicted molar refractivity (Wildman–Crippen MR) is 77.9 cm³/mol. The second-order valence-electron chi connectivity index (χ2n) is 5.20. The number of ketones is 1. The first-order chi connectivity index (χ1) is 9.22. The van der Waals surface area contributed by atoms with Gasteiger partial charge in [0.25, 0.3) is 0 Å². The van der Waals surface area contributed by atoms with Crippen LogP contribution in [0.15, 0.2) is 36.4 Å². The van der Waals surface area contributed by atoms with E-state index in [4.69, 9.17) is 0 Å². The van der Waals surface area contributed by atoms with Crippen molar-refractivity contribution in [3.8, 4) is 0 Å². The fourth-order valence-electron chi connectivity index (χ4n) is 2.77. The SMILES string of the molecule is CCc1ccc2c(c1)C(=O)c1cc(CC)ccc1C2. The molecule has 0 radical (unpaired) electrons. The molecule has 1 aliphatic carbocycles. The maximum absolute atomic E-state index is 12.6. The van der Waals surface area contributed by atoms with Crippen LogP contribution in [0.2, 0.25) is 0 Å². The highest BCUT2D eigenvalue weighted by atomic mass is 16.1. The summed E-state index contributed by atoms with van der Waals surface area (Å²) in [7, 11) is 0. The Bertz CT molecular complexity index is 597. The van der Waals surface area contributed by atoms with Gasteiger partial charge in [0.05, 0.1) is 0 Å². The van der Waals surface area contributed by atoms with Gasteiger partial charge in [-0.1, -0.05) is 38.1 Å². The van der Waals surface area contributed by atoms with Crippen LogP contribution >= 0.6 is 0 Å². The standard InChI is InChI=1S/C18H18O/c1-3-12-5-7-14-11-15-8-6-13(4-2)10-17(15)18(19)16(14)9-12/h5-10H,3-4,11H2,1-2H3. The van der Waals surface area contributed by atoms with Crippen molar-refractivity contribution >= 4 is 5.78 Å². The Labute approximate surface area is 114 Å². The van der Waals surface area contributed by atoms with E-state index in [0.29, 0.717) is 0 Å². The molecule has 0 saturated carbocycles. The summed E-state index contributed by atoms with van der Waals surface area (Å²) in [5.74, 6) is 0.196. The van der Waals surface area contributed by atoms with Gasteiger partial charge >= 0.3 is 0 Å². The van der Waals surface area contributed by atoms with Gasteiger partial charge in [-0.15, -0.1) is 0 Å². The van der Waals surface area contributed by atoms with E-state index in [1.807, 2.05) is 0 Å². The van der Waals surface area contributed by atoms with Gasteiger partial charge in [-0.05, 0) is 53.6 Å². The van der Waals surface area contributed by atoms with Gasteiger partial charge in [-0.3, -0.25) is 4.79 Å². The molecule has 1 nitrogen and oxygen atoms in total. The number of aryl methyl sites for hydroxylation is 2. The molecule has 2 aromatic carbocycles. The number of hydrogen-bond acceptors (Lipinski definition) is 1. The summed E-state index contributed by atoms with van der Waals surface area (Å²) in [6.45, 7) is 4.25. The topological polar surface area (TPSA) is 17.1 Å². The van der Waals surface area contributed by atoms with Crippen LogP contribution in [0.3, 0.4) is 0 Å². The lowest BCUT2D eigenvalue weighted by molar-refractivity contribution is 0.103. The zero-order chi connectivity index (χ0) is 13.4. The third-order valence-electron chi connectivity index (χ3n) is 4.04. The first-order valence-electron chi connectivity index (χ1n) is 7.01. The largest absolute Gasteiger partial charge is 0.289 e. The third-order valence-corrected chi connectivity index (χ3v) is 4.04. The molecular weight excluding hydrogens is 232 g/mol. The van der Waals surface area contributed by atoms with Gasteiger partial charge < -0.3 is 0 Å². The fraction of sp³-hybridized carbons (Fsp3) is 0.278. The maximum atomic E-state index is 12.6. The number of carbonyl (C=O) groups is 1. The molecule has 96 valence electrons. The van der Waals surface area contributed by atoms with Crippen molar-refractivity contribution in [2.75, 3.05) is 0 Å². The Kier molecular flexibility index (Phi) is 2.98. The summed E-state index contributed by atoms with van der Waals surface area (Å²) in [4.78, 5) is 12.6. The molecule has 19 heavy (non-hydrogen) atoms. The number of fused-ring (bicyclic) bond motifs is 2. The van der Waals surface area contributed by atoms with Gasteiger partial charge in [0.1, 0.15) is 0 Å². The van der Waals surface area contributed by atoms with Crippen molar-refractivity contribution in [2.24, 2.45) is 0 Å². The van der Waals surface area contributed by atoms with Crippen LogP contribution in [-0.2, 0) is 19.3 Å². The summed E-state index contributed by atoms with van der Waals surface area (Å²) in [5.41, 5.74) is 6.61. The molecule has 2 aromatic rings. The lowest BCUT2D eigenvalue weighted by Gasteiger charge is -2.20. The maximum Gasteiger partial charge on any atom is 0.193 e. The minimum atomic E-state index is 0.196. The van der Waals surface area contributed by atoms with E-state index >= 15 is 0 Å². The molecule has 0 fully saturated rings. The normalized spacial score (nSPS) is 13.1. The fourth-order valence-corrected chi connectivity index (χ4v) is 2.77. The molecule has 0 unspecified atom stereocenters. The Morgan fingerprint density at radius 3 is 1.74 bits per heavy atom. The highest BCUT2D eigenvalue weighted by molar-refractivity contribution is 6.12. The van der Waals surface area contributed by atoms with Crippen LogP contribution in [0.5, 0.6) is 0 Å². The molecule has 1 aliphatic rings. The van der Waals surface area contributed by atoms with E-state index in [-0.39, 0.29) is 5.78 Å². The summed E-state index contributed by atoms with van der Waals surface area (Å²) >= 11 is 0. The van der Waals surface area contributed by atoms with Crippen LogP contribution in [-0.4, -0.2) is 5.78 Å². The Morgan fingerprint density at radius 1 is 0.842 bits per heavy atom. The minimum absolute atomic E-state index is 0.196. The van der Waals surface area contributed by atoms with E-state index < -0.39 is 0 Å². The molecule has 0 atom stereocenters. The monoisotopic (exact) mass is 250 g/mol. The highest BCUT2D eigenvalue weighted by Gasteiger charge is 2.23. The van der Waals surface area contributed by atoms with Crippen LogP contribution in [0.1, 0.15) is 52.0 Å². The van der Waals surface area contributed by atoms with Gasteiger partial charge in [0, 0.05) is 11.1 Å². The zero-order valence-corrected chi connectivity index (χ0v) is 11.5. The number of benzene rings is 2. The average Bonchev–Trinajstić information content (AvgIpc) is 2.47. The molecule has 0 N–H and O–H groups in total. The molecule has 3 rings (SSSR count). The molecule has 0 spiro atoms. The smallest absolute Gasteiger partial charge is 0.193 e. The predicted octanol–water partition coefficient (Wildman–Crippen LogP) is 3.95. The Morgan fingerprint density at radius 2 is 1.32 bits per heavy atom. The van der Waals surface area contributed by atoms with Crippen LogP contribution in [0.25, 0.3) is 0 Å². The molecule has 0 amide bonds. The van der Waals surface area contributed by atoms with E-state index in [1.165, 1.54) is 22.3 Å². The van der Waals surface area contributed by atoms with Gasteiger partial charge in [-0.25, -0.2) is 0 Å². The van der Waals surface area contributed by atoms with E-state index in [2.05, 4.69) is 50.2 Å². The number of carbonyl (C=O) groups excluding carboxylic acids is 1. The van der Waals surface area contributed by atoms with Gasteiger partial charge in [-0.2, -0.15) is 0 Å². The minimum Gasteiger partial charge on any atom is -0.289 e. The zero-order valence-electron chi connectivity index (χ0n) is 11.5. The summed E-state index contributed by atoms with van der Waals surface area (Å²) in [5, 5.41) is 0. The van der Waals surface area contributed by atoms with Gasteiger partial charge in [0.2, 0.25) is 0 Å². The van der Waals surface area contributed by atoms with Crippen molar-refractivity contribution in [2.45, 2.75) is 33.1 Å². The van der Waals surface area contributed by atoms with Gasteiger partial charge in [0.15, 0.2) is 5.78 Å². The quantitative estimate of drug-likeness (QED) is 0.673. The molecule has 0 heterocycles. The summed E-state index contributed by atoms with van der Waals surface area (Å²) in [6, 6.07) is 12.6. The molecule has 1 heteroatoms. The van der Waals surface area contributed by atoms with E-state index in [9.17, 15) is 4.79 Å². The Balaban J connectivity index is 2.12. The van der Waals surface area contributed by atoms with E-state index in [1.54, 1.807) is 0 Å².